The zero-order chi connectivity index (χ0) is 24.8. The Morgan fingerprint density at radius 2 is 1.79 bits per heavy atom. The number of esters is 1. The summed E-state index contributed by atoms with van der Waals surface area (Å²) < 4.78 is 5.01. The number of rotatable bonds is 8. The Labute approximate surface area is 199 Å². The molecular weight excluding hydrogens is 428 g/mol. The second-order valence-corrected chi connectivity index (χ2v) is 8.80. The van der Waals surface area contributed by atoms with Crippen LogP contribution in [0.4, 0.5) is 0 Å². The van der Waals surface area contributed by atoms with Gasteiger partial charge in [-0.25, -0.2) is 4.79 Å². The maximum atomic E-state index is 13.4. The average Bonchev–Trinajstić information content (AvgIpc) is 2.96. The van der Waals surface area contributed by atoms with Crippen LogP contribution in [0.15, 0.2) is 53.3 Å². The number of carbonyl (C=O) groups is 2. The van der Waals surface area contributed by atoms with Crippen LogP contribution in [0.2, 0.25) is 0 Å². The Morgan fingerprint density at radius 3 is 2.44 bits per heavy atom. The highest BCUT2D eigenvalue weighted by Crippen LogP contribution is 2.24. The zero-order valence-corrected chi connectivity index (χ0v) is 20.1. The normalized spacial score (nSPS) is 11.9. The Kier molecular flexibility index (Phi) is 8.01. The number of amides is 1. The molecule has 3 aromatic carbocycles. The fraction of sp³-hybridized carbons (Fsp3) is 0.357. The van der Waals surface area contributed by atoms with E-state index >= 15 is 0 Å². The lowest BCUT2D eigenvalue weighted by Crippen LogP contribution is -2.48. The van der Waals surface area contributed by atoms with Gasteiger partial charge in [-0.3, -0.25) is 9.59 Å². The number of carbonyl (C=O) groups excluding carboxylic acids is 2. The number of hydrogen-bond acceptors (Lipinski definition) is 5. The highest BCUT2D eigenvalue weighted by molar-refractivity contribution is 5.97. The van der Waals surface area contributed by atoms with Gasteiger partial charge >= 0.3 is 5.97 Å². The maximum absolute atomic E-state index is 13.4. The second kappa shape index (κ2) is 10.9. The largest absolute Gasteiger partial charge is 0.467 e. The number of methoxy groups -OCH3 is 1. The molecule has 6 nitrogen and oxygen atoms in total. The molecule has 0 fully saturated rings. The molecule has 176 valence electrons. The molecule has 0 spiro atoms. The van der Waals surface area contributed by atoms with Gasteiger partial charge in [-0.05, 0) is 35.4 Å². The Bertz CT molecular complexity index is 1320. The lowest BCUT2D eigenvalue weighted by Gasteiger charge is -2.32. The van der Waals surface area contributed by atoms with Crippen molar-refractivity contribution in [2.45, 2.75) is 52.6 Å². The molecule has 0 radical (unpaired) electrons. The van der Waals surface area contributed by atoms with E-state index in [0.29, 0.717) is 39.1 Å². The van der Waals surface area contributed by atoms with E-state index in [1.54, 1.807) is 35.2 Å². The summed E-state index contributed by atoms with van der Waals surface area (Å²) in [6, 6.07) is 15.7. The predicted octanol–water partition coefficient (Wildman–Crippen LogP) is 4.94. The number of hydrogen-bond donors (Lipinski definition) is 0. The fourth-order valence-corrected chi connectivity index (χ4v) is 4.30. The molecule has 1 unspecified atom stereocenters. The van der Waals surface area contributed by atoms with Crippen LogP contribution >= 0.6 is 0 Å². The topological polar surface area (TPSA) is 87.5 Å². The van der Waals surface area contributed by atoms with Crippen LogP contribution in [0.3, 0.4) is 0 Å². The van der Waals surface area contributed by atoms with E-state index in [1.165, 1.54) is 7.11 Å². The number of unbranched alkanes of at least 4 members (excludes halogenated alkanes) is 1. The molecule has 0 saturated heterocycles. The Morgan fingerprint density at radius 1 is 1.06 bits per heavy atom. The van der Waals surface area contributed by atoms with Crippen LogP contribution in [0, 0.1) is 17.2 Å². The van der Waals surface area contributed by atoms with E-state index in [0.717, 1.165) is 12.8 Å². The molecule has 34 heavy (non-hydrogen) atoms. The molecule has 0 bridgehead atoms. The van der Waals surface area contributed by atoms with Crippen molar-refractivity contribution in [1.82, 2.24) is 4.90 Å². The van der Waals surface area contributed by atoms with Gasteiger partial charge in [-0.1, -0.05) is 63.6 Å². The zero-order valence-electron chi connectivity index (χ0n) is 20.1. The molecule has 3 aromatic rings. The molecule has 0 aliphatic heterocycles. The van der Waals surface area contributed by atoms with Gasteiger partial charge in [0.05, 0.1) is 18.7 Å². The van der Waals surface area contributed by atoms with Gasteiger partial charge in [-0.15, -0.1) is 0 Å². The Hall–Kier alpha value is -3.72. The average molecular weight is 459 g/mol. The van der Waals surface area contributed by atoms with E-state index in [9.17, 15) is 19.6 Å². The first kappa shape index (κ1) is 24.9. The molecule has 0 aliphatic rings. The standard InChI is InChI=1S/C28H30N2O4/c1-5-6-11-25(31)30(26(18(2)3)28(33)34-4)17-19-12-13-22-21(16-29)15-20-9-7-8-10-23(20)27(32)24(22)14-19/h7-10,12-15,18,26H,5-6,11,17H2,1-4H3. The summed E-state index contributed by atoms with van der Waals surface area (Å²) in [4.78, 5) is 40.7. The molecule has 0 heterocycles. The predicted molar refractivity (Wildman–Crippen MR) is 133 cm³/mol. The van der Waals surface area contributed by atoms with Crippen LogP contribution in [0.1, 0.15) is 51.2 Å². The van der Waals surface area contributed by atoms with E-state index < -0.39 is 12.0 Å². The molecule has 0 aliphatic carbocycles. The van der Waals surface area contributed by atoms with Gasteiger partial charge in [-0.2, -0.15) is 5.26 Å². The summed E-state index contributed by atoms with van der Waals surface area (Å²) in [6.07, 6.45) is 1.91. The summed E-state index contributed by atoms with van der Waals surface area (Å²) in [6.45, 7) is 5.93. The number of ether oxygens (including phenoxy) is 1. The minimum Gasteiger partial charge on any atom is -0.467 e. The first-order chi connectivity index (χ1) is 16.3. The van der Waals surface area contributed by atoms with Gasteiger partial charge in [0.15, 0.2) is 5.43 Å². The fourth-order valence-electron chi connectivity index (χ4n) is 4.30. The molecule has 1 atom stereocenters. The van der Waals surface area contributed by atoms with Crippen molar-refractivity contribution in [3.63, 3.8) is 0 Å². The molecular formula is C28H30N2O4. The third kappa shape index (κ3) is 5.09. The van der Waals surface area contributed by atoms with Gasteiger partial charge in [0, 0.05) is 29.1 Å². The summed E-state index contributed by atoms with van der Waals surface area (Å²) in [5.74, 6) is -0.745. The van der Waals surface area contributed by atoms with Crippen LogP contribution in [0.5, 0.6) is 0 Å². The van der Waals surface area contributed by atoms with E-state index in [2.05, 4.69) is 6.07 Å². The van der Waals surface area contributed by atoms with Gasteiger partial charge < -0.3 is 9.64 Å². The molecule has 3 rings (SSSR count). The molecule has 0 N–H and O–H groups in total. The van der Waals surface area contributed by atoms with Crippen LogP contribution in [-0.2, 0) is 20.9 Å². The highest BCUT2D eigenvalue weighted by Gasteiger charge is 2.33. The molecule has 1 amide bonds. The monoisotopic (exact) mass is 458 g/mol. The van der Waals surface area contributed by atoms with Crippen LogP contribution in [-0.4, -0.2) is 29.9 Å². The smallest absolute Gasteiger partial charge is 0.328 e. The van der Waals surface area contributed by atoms with Crippen molar-refractivity contribution in [2.24, 2.45) is 5.92 Å². The summed E-state index contributed by atoms with van der Waals surface area (Å²) in [5.41, 5.74) is 0.944. The molecule has 0 saturated carbocycles. The summed E-state index contributed by atoms with van der Waals surface area (Å²) in [7, 11) is 1.32. The molecule has 6 heteroatoms. The first-order valence-corrected chi connectivity index (χ1v) is 11.6. The number of nitrogens with zero attached hydrogens (tertiary/aromatic N) is 2. The number of benzene rings is 2. The van der Waals surface area contributed by atoms with E-state index in [1.807, 2.05) is 39.0 Å². The first-order valence-electron chi connectivity index (χ1n) is 11.6. The number of nitriles is 1. The highest BCUT2D eigenvalue weighted by atomic mass is 16.5. The summed E-state index contributed by atoms with van der Waals surface area (Å²) >= 11 is 0. The van der Waals surface area contributed by atoms with Crippen molar-refractivity contribution in [1.29, 1.82) is 5.26 Å². The van der Waals surface area contributed by atoms with Crippen LogP contribution in [0.25, 0.3) is 21.5 Å². The van der Waals surface area contributed by atoms with Gasteiger partial charge in [0.1, 0.15) is 6.04 Å². The lowest BCUT2D eigenvalue weighted by molar-refractivity contribution is -0.155. The minimum absolute atomic E-state index is 0.129. The summed E-state index contributed by atoms with van der Waals surface area (Å²) in [5, 5.41) is 11.9. The third-order valence-electron chi connectivity index (χ3n) is 6.07. The van der Waals surface area contributed by atoms with Crippen molar-refractivity contribution >= 4 is 33.4 Å². The van der Waals surface area contributed by atoms with E-state index in [-0.39, 0.29) is 23.8 Å². The maximum Gasteiger partial charge on any atom is 0.328 e. The Balaban J connectivity index is 2.17. The second-order valence-electron chi connectivity index (χ2n) is 8.80. The van der Waals surface area contributed by atoms with Crippen molar-refractivity contribution in [3.8, 4) is 6.07 Å². The molecule has 0 aromatic heterocycles. The van der Waals surface area contributed by atoms with Crippen LogP contribution < -0.4 is 5.43 Å². The van der Waals surface area contributed by atoms with Crippen molar-refractivity contribution in [2.75, 3.05) is 7.11 Å². The third-order valence-corrected chi connectivity index (χ3v) is 6.07. The van der Waals surface area contributed by atoms with Gasteiger partial charge in [0.25, 0.3) is 0 Å². The SMILES string of the molecule is CCCCC(=O)N(Cc1ccc2c(C#N)cc3ccccc3c(=O)c2c1)C(C(=O)OC)C(C)C. The quantitative estimate of drug-likeness (QED) is 0.446. The minimum atomic E-state index is -0.737. The lowest BCUT2D eigenvalue weighted by atomic mass is 9.99. The van der Waals surface area contributed by atoms with Crippen molar-refractivity contribution < 1.29 is 14.3 Å². The van der Waals surface area contributed by atoms with E-state index in [4.69, 9.17) is 4.74 Å². The van der Waals surface area contributed by atoms with Gasteiger partial charge in [0.2, 0.25) is 5.91 Å². The number of fused-ring (bicyclic) bond motifs is 2. The van der Waals surface area contributed by atoms with Crippen molar-refractivity contribution in [3.05, 3.63) is 69.9 Å².